The summed E-state index contributed by atoms with van der Waals surface area (Å²) in [7, 11) is 0. The molecular weight excluding hydrogens is 180 g/mol. The number of hydrogen-bond acceptors (Lipinski definition) is 2. The van der Waals surface area contributed by atoms with Crippen molar-refractivity contribution in [1.82, 2.24) is 0 Å². The Morgan fingerprint density at radius 1 is 1.50 bits per heavy atom. The molecule has 0 aromatic carbocycles. The van der Waals surface area contributed by atoms with Crippen LogP contribution in [0, 0.1) is 5.92 Å². The molecular formula is C11H14O3. The van der Waals surface area contributed by atoms with Crippen LogP contribution in [-0.2, 0) is 4.79 Å². The molecule has 1 heterocycles. The summed E-state index contributed by atoms with van der Waals surface area (Å²) in [6.45, 7) is 0. The van der Waals surface area contributed by atoms with E-state index in [2.05, 4.69) is 0 Å². The first-order valence-corrected chi connectivity index (χ1v) is 5.05. The van der Waals surface area contributed by atoms with Crippen LogP contribution in [0.2, 0.25) is 0 Å². The van der Waals surface area contributed by atoms with Crippen molar-refractivity contribution in [3.8, 4) is 0 Å². The van der Waals surface area contributed by atoms with E-state index in [-0.39, 0.29) is 5.92 Å². The molecule has 0 amide bonds. The summed E-state index contributed by atoms with van der Waals surface area (Å²) < 4.78 is 5.19. The monoisotopic (exact) mass is 194 g/mol. The number of carbonyl (C=O) groups is 1. The molecule has 3 heteroatoms. The second-order valence-corrected chi connectivity index (χ2v) is 3.88. The third-order valence-corrected chi connectivity index (χ3v) is 2.99. The molecule has 76 valence electrons. The molecule has 1 aliphatic carbocycles. The lowest BCUT2D eigenvalue weighted by Gasteiger charge is -2.16. The lowest BCUT2D eigenvalue weighted by Crippen LogP contribution is -2.18. The summed E-state index contributed by atoms with van der Waals surface area (Å²) in [4.78, 5) is 11.1. The summed E-state index contributed by atoms with van der Waals surface area (Å²) >= 11 is 0. The Kier molecular flexibility index (Phi) is 2.57. The van der Waals surface area contributed by atoms with Gasteiger partial charge in [0.05, 0.1) is 6.26 Å². The van der Waals surface area contributed by atoms with Crippen molar-refractivity contribution >= 4 is 5.97 Å². The normalized spacial score (nSPS) is 19.7. The molecule has 1 aliphatic rings. The molecule has 0 aliphatic heterocycles. The van der Waals surface area contributed by atoms with E-state index in [9.17, 15) is 4.79 Å². The van der Waals surface area contributed by atoms with Crippen LogP contribution >= 0.6 is 0 Å². The van der Waals surface area contributed by atoms with Crippen molar-refractivity contribution < 1.29 is 14.3 Å². The molecule has 0 spiro atoms. The number of carboxylic acids is 1. The maximum atomic E-state index is 11.1. The van der Waals surface area contributed by atoms with Crippen molar-refractivity contribution in [1.29, 1.82) is 0 Å². The Labute approximate surface area is 82.7 Å². The van der Waals surface area contributed by atoms with Gasteiger partial charge in [0.2, 0.25) is 0 Å². The zero-order valence-corrected chi connectivity index (χ0v) is 7.98. The highest BCUT2D eigenvalue weighted by atomic mass is 16.4. The van der Waals surface area contributed by atoms with Gasteiger partial charge in [0.25, 0.3) is 0 Å². The molecule has 0 radical (unpaired) electrons. The van der Waals surface area contributed by atoms with Crippen LogP contribution in [0.5, 0.6) is 0 Å². The molecule has 1 saturated carbocycles. The molecule has 1 aromatic rings. The Hall–Kier alpha value is -1.25. The van der Waals surface area contributed by atoms with Crippen molar-refractivity contribution in [2.24, 2.45) is 5.92 Å². The molecule has 1 fully saturated rings. The van der Waals surface area contributed by atoms with E-state index in [0.29, 0.717) is 5.76 Å². The molecule has 1 unspecified atom stereocenters. The second-order valence-electron chi connectivity index (χ2n) is 3.88. The fourth-order valence-corrected chi connectivity index (χ4v) is 2.31. The van der Waals surface area contributed by atoms with Crippen molar-refractivity contribution in [2.75, 3.05) is 0 Å². The molecule has 1 atom stereocenters. The smallest absolute Gasteiger partial charge is 0.314 e. The van der Waals surface area contributed by atoms with E-state index >= 15 is 0 Å². The standard InChI is InChI=1S/C11H14O3/c12-11(13)10(8-4-1-2-5-8)9-6-3-7-14-9/h3,6-8,10H,1-2,4-5H2,(H,12,13). The van der Waals surface area contributed by atoms with Crippen LogP contribution in [-0.4, -0.2) is 11.1 Å². The quantitative estimate of drug-likeness (QED) is 0.804. The molecule has 2 rings (SSSR count). The minimum absolute atomic E-state index is 0.263. The number of furan rings is 1. The van der Waals surface area contributed by atoms with Gasteiger partial charge >= 0.3 is 5.97 Å². The summed E-state index contributed by atoms with van der Waals surface area (Å²) in [6.07, 6.45) is 5.86. The van der Waals surface area contributed by atoms with Crippen LogP contribution in [0.1, 0.15) is 37.4 Å². The van der Waals surface area contributed by atoms with Gasteiger partial charge in [-0.3, -0.25) is 4.79 Å². The first-order chi connectivity index (χ1) is 6.79. The van der Waals surface area contributed by atoms with Gasteiger partial charge in [0.1, 0.15) is 11.7 Å². The number of hydrogen-bond donors (Lipinski definition) is 1. The SMILES string of the molecule is O=C(O)C(c1ccco1)C1CCCC1. The first kappa shape index (κ1) is 9.31. The second kappa shape index (κ2) is 3.86. The maximum Gasteiger partial charge on any atom is 0.314 e. The summed E-state index contributed by atoms with van der Waals surface area (Å²) in [5.41, 5.74) is 0. The molecule has 14 heavy (non-hydrogen) atoms. The van der Waals surface area contributed by atoms with E-state index in [1.54, 1.807) is 18.4 Å². The largest absolute Gasteiger partial charge is 0.481 e. The van der Waals surface area contributed by atoms with Gasteiger partial charge in [-0.1, -0.05) is 12.8 Å². The van der Waals surface area contributed by atoms with Crippen molar-refractivity contribution in [3.05, 3.63) is 24.2 Å². The third kappa shape index (κ3) is 1.67. The summed E-state index contributed by atoms with van der Waals surface area (Å²) in [5.74, 6) is -0.331. The Bertz CT molecular complexity index is 296. The van der Waals surface area contributed by atoms with Crippen molar-refractivity contribution in [3.63, 3.8) is 0 Å². The number of carboxylic acid groups (broad SMARTS) is 1. The molecule has 0 saturated heterocycles. The van der Waals surface area contributed by atoms with E-state index in [0.717, 1.165) is 25.7 Å². The van der Waals surface area contributed by atoms with E-state index in [4.69, 9.17) is 9.52 Å². The first-order valence-electron chi connectivity index (χ1n) is 5.05. The highest BCUT2D eigenvalue weighted by Gasteiger charge is 2.33. The van der Waals surface area contributed by atoms with Gasteiger partial charge in [-0.15, -0.1) is 0 Å². The Morgan fingerprint density at radius 3 is 2.71 bits per heavy atom. The van der Waals surface area contributed by atoms with Crippen LogP contribution in [0.25, 0.3) is 0 Å². The minimum Gasteiger partial charge on any atom is -0.481 e. The highest BCUT2D eigenvalue weighted by molar-refractivity contribution is 5.75. The predicted molar refractivity (Wildman–Crippen MR) is 51.0 cm³/mol. The number of rotatable bonds is 3. The van der Waals surface area contributed by atoms with Crippen LogP contribution in [0.4, 0.5) is 0 Å². The van der Waals surface area contributed by atoms with Gasteiger partial charge in [0.15, 0.2) is 0 Å². The van der Waals surface area contributed by atoms with Crippen LogP contribution in [0.15, 0.2) is 22.8 Å². The lowest BCUT2D eigenvalue weighted by molar-refractivity contribution is -0.140. The van der Waals surface area contributed by atoms with Gasteiger partial charge in [-0.05, 0) is 30.9 Å². The fraction of sp³-hybridized carbons (Fsp3) is 0.545. The Balaban J connectivity index is 2.19. The Morgan fingerprint density at radius 2 is 2.21 bits per heavy atom. The molecule has 1 aromatic heterocycles. The summed E-state index contributed by atoms with van der Waals surface area (Å²) in [5, 5.41) is 9.15. The molecule has 3 nitrogen and oxygen atoms in total. The van der Waals surface area contributed by atoms with Gasteiger partial charge in [0, 0.05) is 0 Å². The fourth-order valence-electron chi connectivity index (χ4n) is 2.31. The van der Waals surface area contributed by atoms with Crippen molar-refractivity contribution in [2.45, 2.75) is 31.6 Å². The van der Waals surface area contributed by atoms with Crippen LogP contribution in [0.3, 0.4) is 0 Å². The van der Waals surface area contributed by atoms with E-state index in [1.807, 2.05) is 0 Å². The lowest BCUT2D eigenvalue weighted by atomic mass is 9.89. The maximum absolute atomic E-state index is 11.1. The topological polar surface area (TPSA) is 50.4 Å². The van der Waals surface area contributed by atoms with E-state index < -0.39 is 11.9 Å². The van der Waals surface area contributed by atoms with Gasteiger partial charge < -0.3 is 9.52 Å². The molecule has 0 bridgehead atoms. The third-order valence-electron chi connectivity index (χ3n) is 2.99. The van der Waals surface area contributed by atoms with Gasteiger partial charge in [-0.2, -0.15) is 0 Å². The highest BCUT2D eigenvalue weighted by Crippen LogP contribution is 2.37. The minimum atomic E-state index is -0.758. The zero-order chi connectivity index (χ0) is 9.97. The van der Waals surface area contributed by atoms with Crippen LogP contribution < -0.4 is 0 Å². The predicted octanol–water partition coefficient (Wildman–Crippen LogP) is 2.64. The number of aliphatic carboxylic acids is 1. The van der Waals surface area contributed by atoms with E-state index in [1.165, 1.54) is 0 Å². The zero-order valence-electron chi connectivity index (χ0n) is 7.98. The average molecular weight is 194 g/mol. The average Bonchev–Trinajstić information content (AvgIpc) is 2.75. The summed E-state index contributed by atoms with van der Waals surface area (Å²) in [6, 6.07) is 3.51. The van der Waals surface area contributed by atoms with Gasteiger partial charge in [-0.25, -0.2) is 0 Å². The molecule has 1 N–H and O–H groups in total.